The Morgan fingerprint density at radius 1 is 0.786 bits per heavy atom. The van der Waals surface area contributed by atoms with Gasteiger partial charge in [0.2, 0.25) is 0 Å². The number of hydrogen-bond donors (Lipinski definition) is 0. The topological polar surface area (TPSA) is 0 Å². The molecule has 2 rings (SSSR count). The van der Waals surface area contributed by atoms with E-state index in [1.54, 1.807) is 12.1 Å². The van der Waals surface area contributed by atoms with Crippen molar-refractivity contribution >= 4 is 23.2 Å². The first-order valence-corrected chi connectivity index (χ1v) is 4.86. The molecule has 0 N–H and O–H groups in total. The van der Waals surface area contributed by atoms with Crippen molar-refractivity contribution in [2.45, 2.75) is 0 Å². The summed E-state index contributed by atoms with van der Waals surface area (Å²) in [6, 6.07) is 16.9. The Kier molecular flexibility index (Phi) is 2.76. The molecule has 0 saturated carbocycles. The number of hydrogen-bond acceptors (Lipinski definition) is 0. The number of rotatable bonds is 1. The van der Waals surface area contributed by atoms with Crippen LogP contribution >= 0.6 is 23.2 Å². The van der Waals surface area contributed by atoms with Gasteiger partial charge in [-0.3, -0.25) is 0 Å². The predicted molar refractivity (Wildman–Crippen MR) is 59.6 cm³/mol. The molecule has 0 fully saturated rings. The lowest BCUT2D eigenvalue weighted by molar-refractivity contribution is 1.60. The zero-order valence-electron chi connectivity index (χ0n) is 7.22. The average molecular weight is 221 g/mol. The maximum absolute atomic E-state index is 5.84. The number of halogens is 2. The highest BCUT2D eigenvalue weighted by Gasteiger charge is 1.98. The van der Waals surface area contributed by atoms with Crippen molar-refractivity contribution in [3.8, 4) is 11.1 Å². The molecule has 2 heteroatoms. The summed E-state index contributed by atoms with van der Waals surface area (Å²) in [7, 11) is 0. The van der Waals surface area contributed by atoms with Crippen molar-refractivity contribution in [2.75, 3.05) is 0 Å². The van der Waals surface area contributed by atoms with Crippen molar-refractivity contribution in [2.24, 2.45) is 0 Å². The highest BCUT2D eigenvalue weighted by atomic mass is 35.5. The third-order valence-electron chi connectivity index (χ3n) is 1.87. The zero-order valence-corrected chi connectivity index (χ0v) is 8.73. The van der Waals surface area contributed by atoms with E-state index in [4.69, 9.17) is 23.2 Å². The predicted octanol–water partition coefficient (Wildman–Crippen LogP) is 4.26. The van der Waals surface area contributed by atoms with E-state index in [1.807, 2.05) is 24.3 Å². The first kappa shape index (κ1) is 9.57. The molecule has 2 aromatic rings. The summed E-state index contributed by atoms with van der Waals surface area (Å²) in [5.74, 6) is 0. The van der Waals surface area contributed by atoms with Gasteiger partial charge in [0.1, 0.15) is 0 Å². The molecule has 0 heterocycles. The van der Waals surface area contributed by atoms with Gasteiger partial charge >= 0.3 is 0 Å². The van der Waals surface area contributed by atoms with Crippen LogP contribution in [-0.4, -0.2) is 0 Å². The Labute approximate surface area is 93.1 Å². The van der Waals surface area contributed by atoms with Gasteiger partial charge in [-0.15, -0.1) is 0 Å². The summed E-state index contributed by atoms with van der Waals surface area (Å²) < 4.78 is 0. The molecule has 0 atom stereocenters. The first-order valence-electron chi connectivity index (χ1n) is 4.10. The standard InChI is InChI=1S/C12H6Cl2/c13-11-5-1-3-9(7-11)10-4-2-6-12(14)8-10/h1-4,7-8H. The Balaban J connectivity index is 2.49. The van der Waals surface area contributed by atoms with Gasteiger partial charge in [-0.25, -0.2) is 0 Å². The van der Waals surface area contributed by atoms with Crippen molar-refractivity contribution in [1.29, 1.82) is 0 Å². The Bertz CT molecular complexity index is 406. The molecular formula is C12H6Cl2. The SMILES string of the molecule is Clc1[c]ccc(-c2cc[c]c(Cl)c2)c1. The van der Waals surface area contributed by atoms with Crippen molar-refractivity contribution in [3.63, 3.8) is 0 Å². The van der Waals surface area contributed by atoms with E-state index in [2.05, 4.69) is 12.1 Å². The smallest absolute Gasteiger partial charge is 0.0491 e. The fraction of sp³-hybridized carbons (Fsp3) is 0. The molecule has 2 radical (unpaired) electrons. The van der Waals surface area contributed by atoms with Gasteiger partial charge in [-0.2, -0.15) is 0 Å². The molecule has 0 bridgehead atoms. The summed E-state index contributed by atoms with van der Waals surface area (Å²) >= 11 is 11.7. The summed E-state index contributed by atoms with van der Waals surface area (Å²) in [5, 5.41) is 1.21. The molecule has 0 spiro atoms. The van der Waals surface area contributed by atoms with Crippen LogP contribution in [0.15, 0.2) is 36.4 Å². The van der Waals surface area contributed by atoms with Crippen molar-refractivity contribution in [3.05, 3.63) is 58.6 Å². The van der Waals surface area contributed by atoms with Gasteiger partial charge in [-0.1, -0.05) is 47.5 Å². The Hall–Kier alpha value is -0.980. The minimum Gasteiger partial charge on any atom is -0.0836 e. The van der Waals surface area contributed by atoms with E-state index in [9.17, 15) is 0 Å². The van der Waals surface area contributed by atoms with Crippen LogP contribution in [-0.2, 0) is 0 Å². The highest BCUT2D eigenvalue weighted by molar-refractivity contribution is 6.31. The van der Waals surface area contributed by atoms with E-state index in [0.717, 1.165) is 11.1 Å². The van der Waals surface area contributed by atoms with E-state index < -0.39 is 0 Å². The van der Waals surface area contributed by atoms with Gasteiger partial charge in [0.25, 0.3) is 0 Å². The molecule has 0 aliphatic carbocycles. The van der Waals surface area contributed by atoms with E-state index >= 15 is 0 Å². The molecule has 14 heavy (non-hydrogen) atoms. The van der Waals surface area contributed by atoms with Crippen LogP contribution < -0.4 is 0 Å². The second-order valence-corrected chi connectivity index (χ2v) is 3.66. The van der Waals surface area contributed by atoms with Crippen LogP contribution in [0.4, 0.5) is 0 Å². The van der Waals surface area contributed by atoms with Crippen molar-refractivity contribution < 1.29 is 0 Å². The van der Waals surface area contributed by atoms with Crippen LogP contribution in [0.25, 0.3) is 11.1 Å². The molecule has 0 aromatic heterocycles. The van der Waals surface area contributed by atoms with Crippen LogP contribution in [0, 0.1) is 12.1 Å². The van der Waals surface area contributed by atoms with Crippen LogP contribution in [0.2, 0.25) is 10.0 Å². The van der Waals surface area contributed by atoms with Gasteiger partial charge < -0.3 is 0 Å². The Morgan fingerprint density at radius 2 is 1.21 bits per heavy atom. The molecule has 0 nitrogen and oxygen atoms in total. The maximum Gasteiger partial charge on any atom is 0.0491 e. The molecular weight excluding hydrogens is 215 g/mol. The Morgan fingerprint density at radius 3 is 1.57 bits per heavy atom. The minimum atomic E-state index is 0.603. The summed E-state index contributed by atoms with van der Waals surface area (Å²) in [6.45, 7) is 0. The lowest BCUT2D eigenvalue weighted by atomic mass is 10.1. The fourth-order valence-electron chi connectivity index (χ4n) is 1.23. The van der Waals surface area contributed by atoms with E-state index in [-0.39, 0.29) is 0 Å². The molecule has 2 aromatic carbocycles. The van der Waals surface area contributed by atoms with Gasteiger partial charge in [-0.05, 0) is 23.3 Å². The fourth-order valence-corrected chi connectivity index (χ4v) is 1.59. The molecule has 0 amide bonds. The second kappa shape index (κ2) is 4.04. The van der Waals surface area contributed by atoms with Crippen LogP contribution in [0.5, 0.6) is 0 Å². The lowest BCUT2D eigenvalue weighted by Crippen LogP contribution is -1.77. The van der Waals surface area contributed by atoms with Gasteiger partial charge in [0.15, 0.2) is 0 Å². The summed E-state index contributed by atoms with van der Waals surface area (Å²) in [4.78, 5) is 0. The second-order valence-electron chi connectivity index (χ2n) is 2.85. The van der Waals surface area contributed by atoms with Gasteiger partial charge in [0, 0.05) is 22.2 Å². The monoisotopic (exact) mass is 220 g/mol. The third kappa shape index (κ3) is 2.09. The van der Waals surface area contributed by atoms with Gasteiger partial charge in [0.05, 0.1) is 0 Å². The zero-order chi connectivity index (χ0) is 9.97. The van der Waals surface area contributed by atoms with E-state index in [0.29, 0.717) is 10.0 Å². The third-order valence-corrected chi connectivity index (χ3v) is 2.30. The van der Waals surface area contributed by atoms with E-state index in [1.165, 1.54) is 0 Å². The quantitative estimate of drug-likeness (QED) is 0.674. The molecule has 0 aliphatic heterocycles. The molecule has 0 aliphatic rings. The normalized spacial score (nSPS) is 10.1. The molecule has 0 saturated heterocycles. The molecule has 0 unspecified atom stereocenters. The highest BCUT2D eigenvalue weighted by Crippen LogP contribution is 2.24. The van der Waals surface area contributed by atoms with Crippen LogP contribution in [0.3, 0.4) is 0 Å². The lowest BCUT2D eigenvalue weighted by Gasteiger charge is -2.01. The maximum atomic E-state index is 5.84. The largest absolute Gasteiger partial charge is 0.0836 e. The van der Waals surface area contributed by atoms with Crippen molar-refractivity contribution in [1.82, 2.24) is 0 Å². The van der Waals surface area contributed by atoms with Crippen LogP contribution in [0.1, 0.15) is 0 Å². The number of benzene rings is 2. The molecule has 68 valence electrons. The summed E-state index contributed by atoms with van der Waals surface area (Å²) in [5.41, 5.74) is 2.06. The average Bonchev–Trinajstić information content (AvgIpc) is 2.18. The minimum absolute atomic E-state index is 0.603. The summed E-state index contributed by atoms with van der Waals surface area (Å²) in [6.07, 6.45) is 0. The first-order chi connectivity index (χ1) is 6.75.